The Morgan fingerprint density at radius 2 is 1.89 bits per heavy atom. The molecule has 1 aliphatic heterocycles. The fourth-order valence-electron chi connectivity index (χ4n) is 7.91. The first-order chi connectivity index (χ1) is 17.3. The number of aliphatic carboxylic acids is 1. The number of anilines is 1. The number of rotatable bonds is 7. The number of amides is 1. The van der Waals surface area contributed by atoms with E-state index in [0.29, 0.717) is 35.1 Å². The smallest absolute Gasteiger partial charge is 0.303 e. The molecule has 1 amide bonds. The molecule has 1 saturated heterocycles. The van der Waals surface area contributed by atoms with Gasteiger partial charge in [0.1, 0.15) is 10.8 Å². The zero-order valence-electron chi connectivity index (χ0n) is 21.0. The number of pyridine rings is 1. The molecule has 5 aliphatic rings. The maximum Gasteiger partial charge on any atom is 0.303 e. The molecule has 3 N–H and O–H groups in total. The lowest BCUT2D eigenvalue weighted by Crippen LogP contribution is -2.56. The standard InChI is InChI=1S/C28H39N3O4S/c32-25(33)11-17-8-10-31(16-17)24-6-5-22(27(30-24)36-21-3-1-2-4-21)26(34)29-23-13-18-7-9-28(35)14-19(18)12-20(23)15-28/h5-6,17-21,23,35H,1-4,7-16H2,(H,29,34)(H,32,33)/t17-,18?,19?,20?,23-,28-/m1/s1. The summed E-state index contributed by atoms with van der Waals surface area (Å²) in [6.07, 6.45) is 11.8. The topological polar surface area (TPSA) is 103 Å². The Hall–Kier alpha value is -1.80. The fourth-order valence-corrected chi connectivity index (χ4v) is 9.23. The summed E-state index contributed by atoms with van der Waals surface area (Å²) in [5, 5.41) is 24.9. The van der Waals surface area contributed by atoms with Crippen LogP contribution in [0.3, 0.4) is 0 Å². The molecule has 6 atom stereocenters. The number of hydrogen-bond donors (Lipinski definition) is 3. The van der Waals surface area contributed by atoms with Gasteiger partial charge in [-0.1, -0.05) is 12.8 Å². The number of aromatic nitrogens is 1. The second-order valence-corrected chi connectivity index (χ2v) is 13.5. The van der Waals surface area contributed by atoms with E-state index in [4.69, 9.17) is 4.98 Å². The van der Waals surface area contributed by atoms with Crippen LogP contribution in [-0.2, 0) is 4.79 Å². The largest absolute Gasteiger partial charge is 0.481 e. The van der Waals surface area contributed by atoms with Crippen LogP contribution in [0.1, 0.15) is 87.4 Å². The first-order valence-corrected chi connectivity index (χ1v) is 14.9. The average Bonchev–Trinajstić information content (AvgIpc) is 3.51. The highest BCUT2D eigenvalue weighted by atomic mass is 32.2. The summed E-state index contributed by atoms with van der Waals surface area (Å²) in [6.45, 7) is 1.51. The number of carbonyl (C=O) groups excluding carboxylic acids is 1. The van der Waals surface area contributed by atoms with Gasteiger partial charge in [-0.2, -0.15) is 0 Å². The van der Waals surface area contributed by atoms with Gasteiger partial charge in [0.25, 0.3) is 5.91 Å². The predicted octanol–water partition coefficient (Wildman–Crippen LogP) is 4.48. The molecule has 3 bridgehead atoms. The number of carboxylic acids is 1. The van der Waals surface area contributed by atoms with Crippen LogP contribution in [0, 0.1) is 23.7 Å². The van der Waals surface area contributed by atoms with Gasteiger partial charge >= 0.3 is 5.97 Å². The van der Waals surface area contributed by atoms with Crippen molar-refractivity contribution >= 4 is 29.5 Å². The van der Waals surface area contributed by atoms with E-state index in [1.807, 2.05) is 12.1 Å². The number of carbonyl (C=O) groups is 2. The molecular weight excluding hydrogens is 474 g/mol. The Morgan fingerprint density at radius 1 is 1.08 bits per heavy atom. The molecule has 4 saturated carbocycles. The Kier molecular flexibility index (Phi) is 6.69. The van der Waals surface area contributed by atoms with Gasteiger partial charge in [0.05, 0.1) is 11.2 Å². The van der Waals surface area contributed by atoms with E-state index < -0.39 is 11.6 Å². The number of nitrogens with one attached hydrogen (secondary N) is 1. The Balaban J connectivity index is 1.20. The van der Waals surface area contributed by atoms with Crippen molar-refractivity contribution in [1.82, 2.24) is 10.3 Å². The minimum atomic E-state index is -0.744. The van der Waals surface area contributed by atoms with Crippen LogP contribution in [0.25, 0.3) is 0 Å². The van der Waals surface area contributed by atoms with Gasteiger partial charge in [-0.05, 0) is 93.6 Å². The van der Waals surface area contributed by atoms with Crippen LogP contribution < -0.4 is 10.2 Å². The molecule has 36 heavy (non-hydrogen) atoms. The van der Waals surface area contributed by atoms with Gasteiger partial charge in [-0.3, -0.25) is 9.59 Å². The molecule has 1 aromatic rings. The molecule has 3 unspecified atom stereocenters. The first-order valence-electron chi connectivity index (χ1n) is 14.0. The minimum absolute atomic E-state index is 0.0309. The number of carboxylic acid groups (broad SMARTS) is 1. The Bertz CT molecular complexity index is 1010. The van der Waals surface area contributed by atoms with E-state index in [2.05, 4.69) is 10.2 Å². The van der Waals surface area contributed by atoms with Gasteiger partial charge in [-0.15, -0.1) is 11.8 Å². The normalized spacial score (nSPS) is 35.8. The zero-order chi connectivity index (χ0) is 24.9. The van der Waals surface area contributed by atoms with Gasteiger partial charge in [-0.25, -0.2) is 4.98 Å². The molecule has 5 fully saturated rings. The first kappa shape index (κ1) is 24.5. The summed E-state index contributed by atoms with van der Waals surface area (Å²) < 4.78 is 0. The molecule has 8 heteroatoms. The number of fused-ring (bicyclic) bond motifs is 2. The second-order valence-electron chi connectivity index (χ2n) is 12.2. The van der Waals surface area contributed by atoms with E-state index in [-0.39, 0.29) is 24.3 Å². The van der Waals surface area contributed by atoms with Crippen molar-refractivity contribution in [3.05, 3.63) is 17.7 Å². The molecule has 1 aromatic heterocycles. The summed E-state index contributed by atoms with van der Waals surface area (Å²) >= 11 is 1.75. The summed E-state index contributed by atoms with van der Waals surface area (Å²) in [4.78, 5) is 32.0. The van der Waals surface area contributed by atoms with Crippen molar-refractivity contribution in [1.29, 1.82) is 0 Å². The van der Waals surface area contributed by atoms with Gasteiger partial charge in [0.2, 0.25) is 0 Å². The predicted molar refractivity (Wildman–Crippen MR) is 139 cm³/mol. The summed E-state index contributed by atoms with van der Waals surface area (Å²) in [6, 6.07) is 4.01. The lowest BCUT2D eigenvalue weighted by Gasteiger charge is -2.55. The van der Waals surface area contributed by atoms with Crippen molar-refractivity contribution in [2.45, 2.75) is 99.0 Å². The third-order valence-corrected chi connectivity index (χ3v) is 11.1. The number of aliphatic hydroxyl groups is 1. The maximum atomic E-state index is 13.7. The highest BCUT2D eigenvalue weighted by molar-refractivity contribution is 7.99. The van der Waals surface area contributed by atoms with Crippen molar-refractivity contribution in [3.63, 3.8) is 0 Å². The van der Waals surface area contributed by atoms with E-state index in [9.17, 15) is 19.8 Å². The Labute approximate surface area is 217 Å². The van der Waals surface area contributed by atoms with E-state index in [1.165, 1.54) is 12.8 Å². The van der Waals surface area contributed by atoms with Crippen molar-refractivity contribution in [2.24, 2.45) is 23.7 Å². The fraction of sp³-hybridized carbons (Fsp3) is 0.750. The highest BCUT2D eigenvalue weighted by Gasteiger charge is 2.51. The molecule has 196 valence electrons. The van der Waals surface area contributed by atoms with E-state index in [1.54, 1.807) is 11.8 Å². The minimum Gasteiger partial charge on any atom is -0.481 e. The molecule has 6 rings (SSSR count). The SMILES string of the molecule is O=C(O)C[C@H]1CCN(c2ccc(C(=O)N[C@@H]3CC4CC[C@@]5(O)CC4CC3C5)c(SC3CCCC3)n2)C1. The molecule has 7 nitrogen and oxygen atoms in total. The summed E-state index contributed by atoms with van der Waals surface area (Å²) in [5.74, 6) is 1.83. The van der Waals surface area contributed by atoms with Crippen LogP contribution in [0.4, 0.5) is 5.82 Å². The lowest BCUT2D eigenvalue weighted by molar-refractivity contribution is -0.137. The molecule has 0 radical (unpaired) electrons. The summed E-state index contributed by atoms with van der Waals surface area (Å²) in [5.41, 5.74) is 0.146. The monoisotopic (exact) mass is 513 g/mol. The molecule has 0 aromatic carbocycles. The highest BCUT2D eigenvalue weighted by Crippen LogP contribution is 2.54. The molecule has 2 heterocycles. The Morgan fingerprint density at radius 3 is 2.69 bits per heavy atom. The van der Waals surface area contributed by atoms with Crippen molar-refractivity contribution in [2.75, 3.05) is 18.0 Å². The number of hydrogen-bond acceptors (Lipinski definition) is 6. The van der Waals surface area contributed by atoms with Gasteiger partial charge in [0, 0.05) is 30.8 Å². The summed E-state index contributed by atoms with van der Waals surface area (Å²) in [7, 11) is 0. The van der Waals surface area contributed by atoms with E-state index >= 15 is 0 Å². The zero-order valence-corrected chi connectivity index (χ0v) is 21.8. The average molecular weight is 514 g/mol. The third kappa shape index (κ3) is 5.00. The maximum absolute atomic E-state index is 13.7. The third-order valence-electron chi connectivity index (χ3n) is 9.72. The van der Waals surface area contributed by atoms with Crippen LogP contribution in [0.5, 0.6) is 0 Å². The van der Waals surface area contributed by atoms with Crippen LogP contribution in [0.2, 0.25) is 0 Å². The van der Waals surface area contributed by atoms with Crippen LogP contribution >= 0.6 is 11.8 Å². The second kappa shape index (κ2) is 9.82. The van der Waals surface area contributed by atoms with Crippen molar-refractivity contribution < 1.29 is 19.8 Å². The lowest BCUT2D eigenvalue weighted by atomic mass is 9.54. The molecule has 0 spiro atoms. The van der Waals surface area contributed by atoms with Crippen LogP contribution in [-0.4, -0.2) is 57.1 Å². The van der Waals surface area contributed by atoms with Gasteiger partial charge < -0.3 is 20.4 Å². The van der Waals surface area contributed by atoms with E-state index in [0.717, 1.165) is 75.2 Å². The molecular formula is C28H39N3O4S. The van der Waals surface area contributed by atoms with Crippen molar-refractivity contribution in [3.8, 4) is 0 Å². The van der Waals surface area contributed by atoms with Gasteiger partial charge in [0.15, 0.2) is 0 Å². The molecule has 4 aliphatic carbocycles. The number of nitrogens with zero attached hydrogens (tertiary/aromatic N) is 2. The number of thioether (sulfide) groups is 1. The quantitative estimate of drug-likeness (QED) is 0.494. The van der Waals surface area contributed by atoms with Crippen LogP contribution in [0.15, 0.2) is 17.2 Å².